The van der Waals surface area contributed by atoms with Gasteiger partial charge < -0.3 is 5.32 Å². The number of nitrogens with zero attached hydrogens (tertiary/aromatic N) is 1. The molecule has 2 nitrogen and oxygen atoms in total. The third-order valence-corrected chi connectivity index (χ3v) is 5.46. The first-order valence-electron chi connectivity index (χ1n) is 6.92. The summed E-state index contributed by atoms with van der Waals surface area (Å²) >= 11 is 5.36. The number of aryl methyl sites for hydroxylation is 3. The highest BCUT2D eigenvalue weighted by atomic mass is 79.9. The Morgan fingerprint density at radius 2 is 1.90 bits per heavy atom. The van der Waals surface area contributed by atoms with Crippen LogP contribution in [0.25, 0.3) is 0 Å². The first kappa shape index (κ1) is 15.7. The highest BCUT2D eigenvalue weighted by Gasteiger charge is 2.15. The van der Waals surface area contributed by atoms with E-state index in [1.807, 2.05) is 0 Å². The molecule has 0 saturated carbocycles. The molecule has 0 fully saturated rings. The third kappa shape index (κ3) is 3.68. The maximum atomic E-state index is 4.59. The molecule has 2 aromatic rings. The summed E-state index contributed by atoms with van der Waals surface area (Å²) in [5.41, 5.74) is 5.10. The van der Waals surface area contributed by atoms with E-state index in [2.05, 4.69) is 71.4 Å². The molecule has 0 saturated heterocycles. The van der Waals surface area contributed by atoms with Gasteiger partial charge in [-0.15, -0.1) is 11.3 Å². The molecular formula is C16H21BrN2S. The molecule has 0 radical (unpaired) electrons. The number of hydrogen-bond donors (Lipinski definition) is 1. The fourth-order valence-electron chi connectivity index (χ4n) is 2.45. The standard InChI is InChI=1S/C16H21BrN2S/c1-5-18-15(8-14-9-20-12(4)19-14)13-6-10(2)16(17)11(3)7-13/h6-7,9,15,18H,5,8H2,1-4H3. The zero-order chi connectivity index (χ0) is 14.7. The molecule has 0 aliphatic carbocycles. The smallest absolute Gasteiger partial charge is 0.0897 e. The minimum Gasteiger partial charge on any atom is -0.310 e. The van der Waals surface area contributed by atoms with Gasteiger partial charge in [-0.3, -0.25) is 0 Å². The lowest BCUT2D eigenvalue weighted by Crippen LogP contribution is -2.23. The number of hydrogen-bond acceptors (Lipinski definition) is 3. The number of nitrogens with one attached hydrogen (secondary N) is 1. The summed E-state index contributed by atoms with van der Waals surface area (Å²) in [6, 6.07) is 4.86. The minimum atomic E-state index is 0.326. The van der Waals surface area contributed by atoms with Gasteiger partial charge in [0.15, 0.2) is 0 Å². The lowest BCUT2D eigenvalue weighted by Gasteiger charge is -2.19. The Labute approximate surface area is 133 Å². The van der Waals surface area contributed by atoms with E-state index in [0.29, 0.717) is 6.04 Å². The lowest BCUT2D eigenvalue weighted by molar-refractivity contribution is 0.544. The first-order valence-corrected chi connectivity index (χ1v) is 8.59. The Balaban J connectivity index is 2.28. The van der Waals surface area contributed by atoms with Crippen molar-refractivity contribution in [3.63, 3.8) is 0 Å². The van der Waals surface area contributed by atoms with Crippen molar-refractivity contribution in [2.24, 2.45) is 0 Å². The van der Waals surface area contributed by atoms with Crippen LogP contribution in [0.15, 0.2) is 22.0 Å². The van der Waals surface area contributed by atoms with Crippen molar-refractivity contribution in [2.45, 2.75) is 40.2 Å². The summed E-state index contributed by atoms with van der Waals surface area (Å²) < 4.78 is 1.21. The number of halogens is 1. The lowest BCUT2D eigenvalue weighted by atomic mass is 9.98. The Morgan fingerprint density at radius 1 is 1.25 bits per heavy atom. The monoisotopic (exact) mass is 352 g/mol. The van der Waals surface area contributed by atoms with E-state index in [1.165, 1.54) is 26.9 Å². The molecule has 0 aliphatic rings. The molecule has 0 aliphatic heterocycles. The van der Waals surface area contributed by atoms with Crippen molar-refractivity contribution < 1.29 is 0 Å². The molecule has 0 amide bonds. The second-order valence-corrected chi connectivity index (χ2v) is 7.00. The van der Waals surface area contributed by atoms with Gasteiger partial charge in [0, 0.05) is 22.3 Å². The molecule has 1 N–H and O–H groups in total. The SMILES string of the molecule is CCNC(Cc1csc(C)n1)c1cc(C)c(Br)c(C)c1. The van der Waals surface area contributed by atoms with Gasteiger partial charge in [-0.2, -0.15) is 0 Å². The topological polar surface area (TPSA) is 24.9 Å². The predicted octanol–water partition coefficient (Wildman–Crippen LogP) is 4.72. The molecule has 108 valence electrons. The predicted molar refractivity (Wildman–Crippen MR) is 90.6 cm³/mol. The largest absolute Gasteiger partial charge is 0.310 e. The van der Waals surface area contributed by atoms with Gasteiger partial charge in [0.25, 0.3) is 0 Å². The van der Waals surface area contributed by atoms with E-state index in [1.54, 1.807) is 11.3 Å². The quantitative estimate of drug-likeness (QED) is 0.841. The average Bonchev–Trinajstić information content (AvgIpc) is 2.80. The van der Waals surface area contributed by atoms with Crippen LogP contribution >= 0.6 is 27.3 Å². The summed E-state index contributed by atoms with van der Waals surface area (Å²) in [4.78, 5) is 4.59. The molecule has 1 atom stereocenters. The van der Waals surface area contributed by atoms with Crippen LogP contribution in [0.5, 0.6) is 0 Å². The van der Waals surface area contributed by atoms with Gasteiger partial charge >= 0.3 is 0 Å². The van der Waals surface area contributed by atoms with E-state index in [9.17, 15) is 0 Å². The van der Waals surface area contributed by atoms with Crippen molar-refractivity contribution in [1.29, 1.82) is 0 Å². The van der Waals surface area contributed by atoms with Crippen LogP contribution in [0.2, 0.25) is 0 Å². The Bertz CT molecular complexity index is 569. The molecule has 1 aromatic carbocycles. The van der Waals surface area contributed by atoms with Gasteiger partial charge in [-0.05, 0) is 44.0 Å². The van der Waals surface area contributed by atoms with Gasteiger partial charge in [0.2, 0.25) is 0 Å². The van der Waals surface area contributed by atoms with Crippen molar-refractivity contribution in [1.82, 2.24) is 10.3 Å². The number of rotatable bonds is 5. The number of aromatic nitrogens is 1. The Kier molecular flexibility index (Phi) is 5.35. The van der Waals surface area contributed by atoms with E-state index in [0.717, 1.165) is 18.0 Å². The van der Waals surface area contributed by atoms with Crippen LogP contribution < -0.4 is 5.32 Å². The van der Waals surface area contributed by atoms with E-state index < -0.39 is 0 Å². The fraction of sp³-hybridized carbons (Fsp3) is 0.438. The molecule has 0 bridgehead atoms. The van der Waals surface area contributed by atoms with Crippen LogP contribution in [-0.2, 0) is 6.42 Å². The summed E-state index contributed by atoms with van der Waals surface area (Å²) in [6.07, 6.45) is 0.943. The van der Waals surface area contributed by atoms with Gasteiger partial charge in [0.1, 0.15) is 0 Å². The molecule has 20 heavy (non-hydrogen) atoms. The van der Waals surface area contributed by atoms with E-state index in [-0.39, 0.29) is 0 Å². The molecular weight excluding hydrogens is 332 g/mol. The summed E-state index contributed by atoms with van der Waals surface area (Å²) in [6.45, 7) is 9.47. The average molecular weight is 353 g/mol. The van der Waals surface area contributed by atoms with Crippen LogP contribution in [0.4, 0.5) is 0 Å². The molecule has 0 spiro atoms. The fourth-order valence-corrected chi connectivity index (χ4v) is 3.30. The highest BCUT2D eigenvalue weighted by molar-refractivity contribution is 9.10. The summed E-state index contributed by atoms with van der Waals surface area (Å²) in [7, 11) is 0. The maximum Gasteiger partial charge on any atom is 0.0897 e. The van der Waals surface area contributed by atoms with Crippen LogP contribution in [0.1, 0.15) is 40.4 Å². The zero-order valence-electron chi connectivity index (χ0n) is 12.5. The van der Waals surface area contributed by atoms with Crippen molar-refractivity contribution >= 4 is 27.3 Å². The molecule has 1 unspecified atom stereocenters. The molecule has 1 heterocycles. The second-order valence-electron chi connectivity index (χ2n) is 5.14. The highest BCUT2D eigenvalue weighted by Crippen LogP contribution is 2.27. The van der Waals surface area contributed by atoms with Crippen LogP contribution in [0, 0.1) is 20.8 Å². The van der Waals surface area contributed by atoms with Crippen LogP contribution in [-0.4, -0.2) is 11.5 Å². The molecule has 4 heteroatoms. The Morgan fingerprint density at radius 3 is 2.40 bits per heavy atom. The van der Waals surface area contributed by atoms with Crippen molar-refractivity contribution in [2.75, 3.05) is 6.54 Å². The van der Waals surface area contributed by atoms with Gasteiger partial charge in [-0.25, -0.2) is 4.98 Å². The Hall–Kier alpha value is -0.710. The van der Waals surface area contributed by atoms with E-state index in [4.69, 9.17) is 0 Å². The minimum absolute atomic E-state index is 0.326. The zero-order valence-corrected chi connectivity index (χ0v) is 14.9. The van der Waals surface area contributed by atoms with Crippen LogP contribution in [0.3, 0.4) is 0 Å². The third-order valence-electron chi connectivity index (χ3n) is 3.39. The maximum absolute atomic E-state index is 4.59. The van der Waals surface area contributed by atoms with Gasteiger partial charge in [-0.1, -0.05) is 35.0 Å². The number of benzene rings is 1. The summed E-state index contributed by atoms with van der Waals surface area (Å²) in [5, 5.41) is 6.88. The first-order chi connectivity index (χ1) is 9.51. The number of thiazole rings is 1. The van der Waals surface area contributed by atoms with Gasteiger partial charge in [0.05, 0.1) is 10.7 Å². The second kappa shape index (κ2) is 6.83. The number of likely N-dealkylation sites (N-methyl/N-ethyl adjacent to an activating group) is 1. The van der Waals surface area contributed by atoms with E-state index >= 15 is 0 Å². The van der Waals surface area contributed by atoms with Crippen molar-refractivity contribution in [3.05, 3.63) is 49.4 Å². The molecule has 2 rings (SSSR count). The normalized spacial score (nSPS) is 12.7. The molecule has 1 aromatic heterocycles. The van der Waals surface area contributed by atoms with Crippen molar-refractivity contribution in [3.8, 4) is 0 Å². The summed E-state index contributed by atoms with van der Waals surface area (Å²) in [5.74, 6) is 0.